The van der Waals surface area contributed by atoms with Gasteiger partial charge in [-0.1, -0.05) is 43.6 Å². The van der Waals surface area contributed by atoms with E-state index in [0.717, 1.165) is 31.7 Å². The van der Waals surface area contributed by atoms with Crippen LogP contribution in [0.2, 0.25) is 0 Å². The van der Waals surface area contributed by atoms with Crippen LogP contribution in [0.3, 0.4) is 0 Å². The topological polar surface area (TPSA) is 38.3 Å². The largest absolute Gasteiger partial charge is 0.486 e. The van der Waals surface area contributed by atoms with E-state index in [1.807, 2.05) is 0 Å². The van der Waals surface area contributed by atoms with Crippen molar-refractivity contribution >= 4 is 21.8 Å². The van der Waals surface area contributed by atoms with Crippen molar-refractivity contribution in [3.05, 3.63) is 28.3 Å². The molecular formula is C24H29BrF3NO2. The maximum atomic E-state index is 14.1. The van der Waals surface area contributed by atoms with E-state index in [-0.39, 0.29) is 34.9 Å². The molecule has 0 saturated heterocycles. The van der Waals surface area contributed by atoms with Gasteiger partial charge < -0.3 is 10.1 Å². The second kappa shape index (κ2) is 6.42. The van der Waals surface area contributed by atoms with Crippen molar-refractivity contribution in [2.45, 2.75) is 82.9 Å². The van der Waals surface area contributed by atoms with Crippen LogP contribution in [0.5, 0.6) is 5.75 Å². The first-order chi connectivity index (χ1) is 14.3. The molecule has 31 heavy (non-hydrogen) atoms. The standard InChI is InChI=1S/C24H29BrF3NO2/c1-12-5-6-17-21(2,3)18(25)7-8-23(17)22(12,4)10-14-16(24(26,27)28)9-13-15(19(14)31-23)11-29-20(13)30/h9,12,17-18H,5-8,10-11H2,1-4H3,(H,29,30)/t12-,17-,18+,22+,23-/m0/s1. The monoisotopic (exact) mass is 499 g/mol. The molecule has 2 aliphatic heterocycles. The van der Waals surface area contributed by atoms with Gasteiger partial charge in [0.2, 0.25) is 0 Å². The quantitative estimate of drug-likeness (QED) is 0.428. The summed E-state index contributed by atoms with van der Waals surface area (Å²) in [4.78, 5) is 12.7. The Kier molecular flexibility index (Phi) is 4.47. The average molecular weight is 500 g/mol. The number of alkyl halides is 4. The summed E-state index contributed by atoms with van der Waals surface area (Å²) in [7, 11) is 0. The smallest absolute Gasteiger partial charge is 0.416 e. The molecule has 0 unspecified atom stereocenters. The number of carbonyl (C=O) groups is 1. The van der Waals surface area contributed by atoms with Crippen LogP contribution in [-0.2, 0) is 19.1 Å². The first-order valence-electron chi connectivity index (χ1n) is 11.2. The van der Waals surface area contributed by atoms with E-state index in [4.69, 9.17) is 4.74 Å². The van der Waals surface area contributed by atoms with Crippen molar-refractivity contribution in [3.8, 4) is 5.75 Å². The molecule has 1 amide bonds. The summed E-state index contributed by atoms with van der Waals surface area (Å²) in [5.41, 5.74) is -0.748. The molecule has 2 aliphatic carbocycles. The molecule has 3 nitrogen and oxygen atoms in total. The first kappa shape index (κ1) is 21.6. The minimum Gasteiger partial charge on any atom is -0.486 e. The third kappa shape index (κ3) is 2.67. The lowest BCUT2D eigenvalue weighted by molar-refractivity contribution is -0.210. The van der Waals surface area contributed by atoms with Gasteiger partial charge in [0.05, 0.1) is 5.56 Å². The molecule has 2 saturated carbocycles. The lowest BCUT2D eigenvalue weighted by Crippen LogP contribution is -2.70. The zero-order valence-electron chi connectivity index (χ0n) is 18.4. The van der Waals surface area contributed by atoms with Gasteiger partial charge in [-0.05, 0) is 49.5 Å². The van der Waals surface area contributed by atoms with E-state index in [2.05, 4.69) is 48.9 Å². The number of benzene rings is 1. The Morgan fingerprint density at radius 2 is 1.87 bits per heavy atom. The highest BCUT2D eigenvalue weighted by molar-refractivity contribution is 9.09. The molecule has 0 bridgehead atoms. The predicted octanol–water partition coefficient (Wildman–Crippen LogP) is 6.26. The van der Waals surface area contributed by atoms with E-state index in [1.54, 1.807) is 0 Å². The minimum absolute atomic E-state index is 0.0456. The summed E-state index contributed by atoms with van der Waals surface area (Å²) in [6, 6.07) is 1.05. The number of ether oxygens (including phenoxy) is 1. The summed E-state index contributed by atoms with van der Waals surface area (Å²) in [5, 5.41) is 2.70. The Hall–Kier alpha value is -1.24. The van der Waals surface area contributed by atoms with Crippen LogP contribution in [0, 0.1) is 22.7 Å². The number of rotatable bonds is 0. The van der Waals surface area contributed by atoms with Gasteiger partial charge in [0.25, 0.3) is 5.91 Å². The van der Waals surface area contributed by atoms with Gasteiger partial charge in [0.15, 0.2) is 0 Å². The Morgan fingerprint density at radius 3 is 2.55 bits per heavy atom. The number of hydrogen-bond acceptors (Lipinski definition) is 2. The normalized spacial score (nSPS) is 38.3. The lowest BCUT2D eigenvalue weighted by Gasteiger charge is -2.67. The molecule has 1 aromatic rings. The molecule has 2 fully saturated rings. The summed E-state index contributed by atoms with van der Waals surface area (Å²) >= 11 is 3.89. The van der Waals surface area contributed by atoms with Crippen LogP contribution < -0.4 is 10.1 Å². The molecule has 2 heterocycles. The fraction of sp³-hybridized carbons (Fsp3) is 0.708. The van der Waals surface area contributed by atoms with E-state index in [1.165, 1.54) is 0 Å². The Bertz CT molecular complexity index is 975. The summed E-state index contributed by atoms with van der Waals surface area (Å²) in [6.07, 6.45) is -0.491. The number of nitrogens with one attached hydrogen (secondary N) is 1. The maximum absolute atomic E-state index is 14.1. The van der Waals surface area contributed by atoms with E-state index >= 15 is 0 Å². The van der Waals surface area contributed by atoms with Crippen LogP contribution in [0.15, 0.2) is 6.07 Å². The van der Waals surface area contributed by atoms with Crippen molar-refractivity contribution < 1.29 is 22.7 Å². The van der Waals surface area contributed by atoms with Crippen molar-refractivity contribution in [1.29, 1.82) is 0 Å². The number of amides is 1. The molecule has 170 valence electrons. The first-order valence-corrected chi connectivity index (χ1v) is 12.1. The molecule has 7 heteroatoms. The third-order valence-corrected chi connectivity index (χ3v) is 10.9. The highest BCUT2D eigenvalue weighted by atomic mass is 79.9. The molecule has 5 atom stereocenters. The lowest BCUT2D eigenvalue weighted by atomic mass is 9.44. The maximum Gasteiger partial charge on any atom is 0.416 e. The van der Waals surface area contributed by atoms with Gasteiger partial charge in [-0.2, -0.15) is 13.2 Å². The fourth-order valence-corrected chi connectivity index (χ4v) is 7.75. The molecule has 1 spiro atoms. The van der Waals surface area contributed by atoms with Gasteiger partial charge in [-0.15, -0.1) is 0 Å². The molecule has 1 N–H and O–H groups in total. The molecule has 0 radical (unpaired) electrons. The summed E-state index contributed by atoms with van der Waals surface area (Å²) in [6.45, 7) is 9.06. The predicted molar refractivity (Wildman–Crippen MR) is 115 cm³/mol. The van der Waals surface area contributed by atoms with E-state index in [0.29, 0.717) is 22.6 Å². The highest BCUT2D eigenvalue weighted by Crippen LogP contribution is 2.67. The number of hydrogen-bond donors (Lipinski definition) is 1. The molecule has 0 aromatic heterocycles. The zero-order valence-corrected chi connectivity index (χ0v) is 20.0. The van der Waals surface area contributed by atoms with Crippen LogP contribution in [0.1, 0.15) is 80.4 Å². The number of fused-ring (bicyclic) bond motifs is 3. The molecular weight excluding hydrogens is 471 g/mol. The van der Waals surface area contributed by atoms with Crippen LogP contribution in [0.4, 0.5) is 13.2 Å². The SMILES string of the molecule is C[C@H]1CC[C@H]2C(C)(C)[C@H](Br)CC[C@]23Oc2c4c(cc(C(F)(F)F)c2C[C@]13C)C(=O)NC4. The van der Waals surface area contributed by atoms with E-state index in [9.17, 15) is 18.0 Å². The summed E-state index contributed by atoms with van der Waals surface area (Å²) in [5.74, 6) is 0.343. The van der Waals surface area contributed by atoms with Gasteiger partial charge in [0, 0.05) is 39.4 Å². The summed E-state index contributed by atoms with van der Waals surface area (Å²) < 4.78 is 49.3. The third-order valence-electron chi connectivity index (χ3n) is 9.27. The van der Waals surface area contributed by atoms with Crippen molar-refractivity contribution in [2.24, 2.45) is 22.7 Å². The number of carbonyl (C=O) groups excluding carboxylic acids is 1. The van der Waals surface area contributed by atoms with Gasteiger partial charge in [-0.3, -0.25) is 4.79 Å². The molecule has 1 aromatic carbocycles. The van der Waals surface area contributed by atoms with Crippen LogP contribution in [0.25, 0.3) is 0 Å². The van der Waals surface area contributed by atoms with E-state index < -0.39 is 28.7 Å². The number of halogens is 4. The average Bonchev–Trinajstić information content (AvgIpc) is 3.04. The second-order valence-corrected chi connectivity index (χ2v) is 12.0. The van der Waals surface area contributed by atoms with Crippen molar-refractivity contribution in [2.75, 3.05) is 0 Å². The Morgan fingerprint density at radius 1 is 1.16 bits per heavy atom. The Balaban J connectivity index is 1.77. The highest BCUT2D eigenvalue weighted by Gasteiger charge is 2.68. The van der Waals surface area contributed by atoms with Crippen molar-refractivity contribution in [3.63, 3.8) is 0 Å². The minimum atomic E-state index is -4.53. The van der Waals surface area contributed by atoms with Gasteiger partial charge in [0.1, 0.15) is 11.4 Å². The van der Waals surface area contributed by atoms with Gasteiger partial charge >= 0.3 is 6.18 Å². The molecule has 5 rings (SSSR count). The fourth-order valence-electron chi connectivity index (χ4n) is 7.20. The Labute approximate surface area is 189 Å². The van der Waals surface area contributed by atoms with Crippen LogP contribution >= 0.6 is 15.9 Å². The van der Waals surface area contributed by atoms with Gasteiger partial charge in [-0.25, -0.2) is 0 Å². The zero-order chi connectivity index (χ0) is 22.6. The van der Waals surface area contributed by atoms with Crippen molar-refractivity contribution in [1.82, 2.24) is 5.32 Å². The second-order valence-electron chi connectivity index (χ2n) is 10.9. The molecule has 4 aliphatic rings. The van der Waals surface area contributed by atoms with Crippen LogP contribution in [-0.4, -0.2) is 16.3 Å².